The van der Waals surface area contributed by atoms with Crippen molar-refractivity contribution in [2.75, 3.05) is 19.6 Å². The summed E-state index contributed by atoms with van der Waals surface area (Å²) in [6.07, 6.45) is 3.38. The third-order valence-electron chi connectivity index (χ3n) is 4.79. The van der Waals surface area contributed by atoms with Crippen LogP contribution in [-0.4, -0.2) is 30.1 Å². The summed E-state index contributed by atoms with van der Waals surface area (Å²) in [5.74, 6) is 0.691. The molecule has 1 aliphatic heterocycles. The predicted molar refractivity (Wildman–Crippen MR) is 82.3 cm³/mol. The molecule has 1 atom stereocenters. The number of halogens is 1. The molecule has 2 rings (SSSR count). The number of nitrogens with two attached hydrogens (primary N) is 1. The monoisotopic (exact) mass is 278 g/mol. The van der Waals surface area contributed by atoms with Crippen molar-refractivity contribution < 1.29 is 4.39 Å². The van der Waals surface area contributed by atoms with Crippen LogP contribution < -0.4 is 5.73 Å². The van der Waals surface area contributed by atoms with Crippen LogP contribution in [0.1, 0.15) is 37.8 Å². The van der Waals surface area contributed by atoms with Gasteiger partial charge < -0.3 is 5.73 Å². The molecule has 1 heterocycles. The summed E-state index contributed by atoms with van der Waals surface area (Å²) >= 11 is 0. The van der Waals surface area contributed by atoms with Crippen LogP contribution in [0.3, 0.4) is 0 Å². The second kappa shape index (κ2) is 6.23. The highest BCUT2D eigenvalue weighted by atomic mass is 19.1. The molecule has 112 valence electrons. The SMILES string of the molecule is Cc1cc(CC(C)(CN)N2CCC(C)CC2)ccc1F. The first-order valence-corrected chi connectivity index (χ1v) is 7.65. The summed E-state index contributed by atoms with van der Waals surface area (Å²) < 4.78 is 13.4. The second-order valence-electron chi connectivity index (χ2n) is 6.63. The van der Waals surface area contributed by atoms with E-state index in [4.69, 9.17) is 5.73 Å². The van der Waals surface area contributed by atoms with E-state index in [0.717, 1.165) is 25.4 Å². The van der Waals surface area contributed by atoms with Crippen molar-refractivity contribution in [3.05, 3.63) is 35.1 Å². The molecule has 1 aromatic carbocycles. The lowest BCUT2D eigenvalue weighted by atomic mass is 9.87. The van der Waals surface area contributed by atoms with E-state index in [1.54, 1.807) is 6.07 Å². The zero-order chi connectivity index (χ0) is 14.8. The van der Waals surface area contributed by atoms with E-state index in [2.05, 4.69) is 18.7 Å². The van der Waals surface area contributed by atoms with Crippen LogP contribution >= 0.6 is 0 Å². The van der Waals surface area contributed by atoms with Crippen LogP contribution in [0.25, 0.3) is 0 Å². The van der Waals surface area contributed by atoms with Gasteiger partial charge in [0.2, 0.25) is 0 Å². The molecule has 1 aliphatic rings. The minimum atomic E-state index is -0.130. The van der Waals surface area contributed by atoms with Crippen molar-refractivity contribution in [1.29, 1.82) is 0 Å². The Morgan fingerprint density at radius 1 is 1.35 bits per heavy atom. The normalized spacial score (nSPS) is 20.9. The van der Waals surface area contributed by atoms with Gasteiger partial charge in [0.1, 0.15) is 5.82 Å². The smallest absolute Gasteiger partial charge is 0.126 e. The van der Waals surface area contributed by atoms with Gasteiger partial charge in [-0.3, -0.25) is 4.90 Å². The van der Waals surface area contributed by atoms with Crippen molar-refractivity contribution >= 4 is 0 Å². The summed E-state index contributed by atoms with van der Waals surface area (Å²) in [6.45, 7) is 9.26. The molecular weight excluding hydrogens is 251 g/mol. The average Bonchev–Trinajstić information content (AvgIpc) is 2.43. The molecule has 1 aromatic rings. The Bertz CT molecular complexity index is 452. The summed E-state index contributed by atoms with van der Waals surface area (Å²) in [5, 5.41) is 0. The first-order valence-electron chi connectivity index (χ1n) is 7.65. The molecule has 2 nitrogen and oxygen atoms in total. The van der Waals surface area contributed by atoms with Crippen LogP contribution in [0.2, 0.25) is 0 Å². The van der Waals surface area contributed by atoms with Gasteiger partial charge >= 0.3 is 0 Å². The Balaban J connectivity index is 2.12. The molecule has 0 aliphatic carbocycles. The molecule has 1 saturated heterocycles. The van der Waals surface area contributed by atoms with Gasteiger partial charge in [0, 0.05) is 12.1 Å². The Morgan fingerprint density at radius 3 is 2.55 bits per heavy atom. The maximum Gasteiger partial charge on any atom is 0.126 e. The molecule has 0 saturated carbocycles. The zero-order valence-corrected chi connectivity index (χ0v) is 13.0. The van der Waals surface area contributed by atoms with Gasteiger partial charge in [-0.25, -0.2) is 4.39 Å². The van der Waals surface area contributed by atoms with E-state index >= 15 is 0 Å². The van der Waals surface area contributed by atoms with Crippen LogP contribution in [0.5, 0.6) is 0 Å². The molecule has 0 bridgehead atoms. The molecule has 0 amide bonds. The van der Waals surface area contributed by atoms with Gasteiger partial charge in [-0.1, -0.05) is 19.1 Å². The molecule has 0 spiro atoms. The van der Waals surface area contributed by atoms with Crippen molar-refractivity contribution in [1.82, 2.24) is 4.90 Å². The lowest BCUT2D eigenvalue weighted by molar-refractivity contribution is 0.0708. The second-order valence-corrected chi connectivity index (χ2v) is 6.63. The number of hydrogen-bond acceptors (Lipinski definition) is 2. The summed E-state index contributed by atoms with van der Waals surface area (Å²) in [5.41, 5.74) is 7.94. The van der Waals surface area contributed by atoms with E-state index in [1.165, 1.54) is 18.4 Å². The van der Waals surface area contributed by atoms with Gasteiger partial charge in [0.05, 0.1) is 0 Å². The lowest BCUT2D eigenvalue weighted by Crippen LogP contribution is -2.55. The molecule has 1 fully saturated rings. The minimum absolute atomic E-state index is 0.0234. The first-order chi connectivity index (χ1) is 9.44. The summed E-state index contributed by atoms with van der Waals surface area (Å²) in [6, 6.07) is 5.42. The number of piperidine rings is 1. The van der Waals surface area contributed by atoms with Gasteiger partial charge in [0.25, 0.3) is 0 Å². The topological polar surface area (TPSA) is 29.3 Å². The maximum atomic E-state index is 13.4. The number of rotatable bonds is 4. The highest BCUT2D eigenvalue weighted by Crippen LogP contribution is 2.27. The zero-order valence-electron chi connectivity index (χ0n) is 13.0. The van der Waals surface area contributed by atoms with Crippen molar-refractivity contribution in [3.63, 3.8) is 0 Å². The van der Waals surface area contributed by atoms with Crippen LogP contribution in [-0.2, 0) is 6.42 Å². The Kier molecular flexibility index (Phi) is 4.82. The quantitative estimate of drug-likeness (QED) is 0.917. The third-order valence-corrected chi connectivity index (χ3v) is 4.79. The molecule has 20 heavy (non-hydrogen) atoms. The fraction of sp³-hybridized carbons (Fsp3) is 0.647. The Hall–Kier alpha value is -0.930. The number of hydrogen-bond donors (Lipinski definition) is 1. The van der Waals surface area contributed by atoms with Crippen LogP contribution in [0.4, 0.5) is 4.39 Å². The largest absolute Gasteiger partial charge is 0.329 e. The van der Waals surface area contributed by atoms with Crippen molar-refractivity contribution in [2.24, 2.45) is 11.7 Å². The van der Waals surface area contributed by atoms with E-state index in [0.29, 0.717) is 12.1 Å². The number of benzene rings is 1. The van der Waals surface area contributed by atoms with Gasteiger partial charge in [-0.05, 0) is 69.3 Å². The average molecular weight is 278 g/mol. The fourth-order valence-corrected chi connectivity index (χ4v) is 3.12. The van der Waals surface area contributed by atoms with Crippen LogP contribution in [0, 0.1) is 18.7 Å². The van der Waals surface area contributed by atoms with Gasteiger partial charge in [-0.2, -0.15) is 0 Å². The van der Waals surface area contributed by atoms with Crippen LogP contribution in [0.15, 0.2) is 18.2 Å². The number of likely N-dealkylation sites (tertiary alicyclic amines) is 1. The first kappa shape index (κ1) is 15.5. The highest BCUT2D eigenvalue weighted by molar-refractivity contribution is 5.25. The molecule has 2 N–H and O–H groups in total. The van der Waals surface area contributed by atoms with E-state index in [-0.39, 0.29) is 11.4 Å². The van der Waals surface area contributed by atoms with Crippen molar-refractivity contribution in [2.45, 2.75) is 45.6 Å². The third kappa shape index (κ3) is 3.39. The van der Waals surface area contributed by atoms with Gasteiger partial charge in [-0.15, -0.1) is 0 Å². The number of nitrogens with zero attached hydrogens (tertiary/aromatic N) is 1. The molecular formula is C17H27FN2. The standard InChI is InChI=1S/C17H27FN2/c1-13-6-8-20(9-7-13)17(3,12-19)11-15-4-5-16(18)14(2)10-15/h4-5,10,13H,6-9,11-12,19H2,1-3H3. The molecule has 1 unspecified atom stereocenters. The fourth-order valence-electron chi connectivity index (χ4n) is 3.12. The summed E-state index contributed by atoms with van der Waals surface area (Å²) in [7, 11) is 0. The minimum Gasteiger partial charge on any atom is -0.329 e. The predicted octanol–water partition coefficient (Wildman–Crippen LogP) is 3.13. The number of aryl methyl sites for hydroxylation is 1. The Labute approximate surface area is 122 Å². The highest BCUT2D eigenvalue weighted by Gasteiger charge is 2.32. The van der Waals surface area contributed by atoms with Gasteiger partial charge in [0.15, 0.2) is 0 Å². The molecule has 3 heteroatoms. The van der Waals surface area contributed by atoms with E-state index in [1.807, 2.05) is 19.1 Å². The maximum absolute atomic E-state index is 13.4. The lowest BCUT2D eigenvalue weighted by Gasteiger charge is -2.44. The van der Waals surface area contributed by atoms with Crippen molar-refractivity contribution in [3.8, 4) is 0 Å². The Morgan fingerprint density at radius 2 is 2.00 bits per heavy atom. The molecule has 0 aromatic heterocycles. The summed E-state index contributed by atoms with van der Waals surface area (Å²) in [4.78, 5) is 2.52. The van der Waals surface area contributed by atoms with E-state index < -0.39 is 0 Å². The molecule has 0 radical (unpaired) electrons. The van der Waals surface area contributed by atoms with E-state index in [9.17, 15) is 4.39 Å².